The molecule has 0 saturated heterocycles. The molecule has 3 aromatic carbocycles. The molecule has 8 heteroatoms. The average molecular weight is 477 g/mol. The predicted molar refractivity (Wildman–Crippen MR) is 134 cm³/mol. The van der Waals surface area contributed by atoms with Crippen LogP contribution in [0.5, 0.6) is 11.5 Å². The van der Waals surface area contributed by atoms with Gasteiger partial charge < -0.3 is 15.2 Å². The smallest absolute Gasteiger partial charge is 0.161 e. The van der Waals surface area contributed by atoms with E-state index in [1.807, 2.05) is 31.2 Å². The molecule has 0 bridgehead atoms. The number of rotatable bonds is 6. The Bertz CT molecular complexity index is 1690. The zero-order chi connectivity index (χ0) is 25.2. The second kappa shape index (κ2) is 9.28. The van der Waals surface area contributed by atoms with Crippen LogP contribution in [0.15, 0.2) is 66.7 Å². The van der Waals surface area contributed by atoms with Gasteiger partial charge in [-0.3, -0.25) is 4.40 Å². The Morgan fingerprint density at radius 1 is 0.944 bits per heavy atom. The fraction of sp³-hybridized carbons (Fsp3) is 0.107. The Kier molecular flexibility index (Phi) is 5.85. The van der Waals surface area contributed by atoms with Crippen LogP contribution in [0.2, 0.25) is 0 Å². The number of hydrogen-bond acceptors (Lipinski definition) is 6. The molecule has 0 amide bonds. The maximum atomic E-state index is 13.2. The zero-order valence-corrected chi connectivity index (χ0v) is 19.3. The zero-order valence-electron chi connectivity index (χ0n) is 19.3. The highest BCUT2D eigenvalue weighted by Gasteiger charge is 2.23. The molecule has 0 spiro atoms. The average Bonchev–Trinajstić information content (AvgIpc) is 3.29. The molecule has 36 heavy (non-hydrogen) atoms. The van der Waals surface area contributed by atoms with Gasteiger partial charge in [-0.05, 0) is 54.4 Å². The lowest BCUT2D eigenvalue weighted by Crippen LogP contribution is -2.06. The summed E-state index contributed by atoms with van der Waals surface area (Å²) < 4.78 is 26.6. The van der Waals surface area contributed by atoms with Crippen molar-refractivity contribution in [3.63, 3.8) is 0 Å². The highest BCUT2D eigenvalue weighted by molar-refractivity contribution is 5.93. The Balaban J connectivity index is 1.65. The largest absolute Gasteiger partial charge is 0.490 e. The van der Waals surface area contributed by atoms with Crippen LogP contribution >= 0.6 is 0 Å². The van der Waals surface area contributed by atoms with Crippen molar-refractivity contribution in [2.24, 2.45) is 0 Å². The van der Waals surface area contributed by atoms with Crippen molar-refractivity contribution >= 4 is 22.5 Å². The van der Waals surface area contributed by atoms with E-state index in [4.69, 9.17) is 15.2 Å². The lowest BCUT2D eigenvalue weighted by molar-refractivity contribution is 0.269. The number of ether oxygens (including phenoxy) is 2. The van der Waals surface area contributed by atoms with Gasteiger partial charge >= 0.3 is 0 Å². The van der Waals surface area contributed by atoms with Gasteiger partial charge in [0.1, 0.15) is 41.5 Å². The van der Waals surface area contributed by atoms with Gasteiger partial charge in [-0.25, -0.2) is 9.37 Å². The van der Waals surface area contributed by atoms with Crippen LogP contribution in [0.3, 0.4) is 0 Å². The molecule has 2 N–H and O–H groups in total. The number of hydrogen-bond donors (Lipinski definition) is 1. The molecule has 0 aliphatic heterocycles. The number of imidazole rings is 1. The van der Waals surface area contributed by atoms with Crippen molar-refractivity contribution in [2.45, 2.75) is 13.5 Å². The van der Waals surface area contributed by atoms with Crippen molar-refractivity contribution in [2.75, 3.05) is 12.3 Å². The first-order valence-electron chi connectivity index (χ1n) is 11.2. The summed E-state index contributed by atoms with van der Waals surface area (Å²) in [6, 6.07) is 23.0. The summed E-state index contributed by atoms with van der Waals surface area (Å²) in [7, 11) is 0. The molecule has 0 radical (unpaired) electrons. The minimum Gasteiger partial charge on any atom is -0.490 e. The number of fused-ring (bicyclic) bond motifs is 3. The summed E-state index contributed by atoms with van der Waals surface area (Å²) in [5.74, 6) is 0.797. The molecule has 0 saturated carbocycles. The summed E-state index contributed by atoms with van der Waals surface area (Å²) in [4.78, 5) is 4.62. The highest BCUT2D eigenvalue weighted by Crippen LogP contribution is 2.39. The molecule has 5 rings (SSSR count). The molecule has 2 aromatic heterocycles. The Morgan fingerprint density at radius 2 is 1.69 bits per heavy atom. The van der Waals surface area contributed by atoms with Crippen LogP contribution < -0.4 is 15.2 Å². The van der Waals surface area contributed by atoms with Crippen molar-refractivity contribution < 1.29 is 13.9 Å². The van der Waals surface area contributed by atoms with Crippen molar-refractivity contribution in [3.8, 4) is 34.8 Å². The summed E-state index contributed by atoms with van der Waals surface area (Å²) in [6.07, 6.45) is 0. The van der Waals surface area contributed by atoms with Gasteiger partial charge in [0.05, 0.1) is 17.6 Å². The van der Waals surface area contributed by atoms with Crippen molar-refractivity contribution in [1.82, 2.24) is 9.38 Å². The first-order chi connectivity index (χ1) is 17.5. The van der Waals surface area contributed by atoms with Gasteiger partial charge in [0, 0.05) is 5.56 Å². The Morgan fingerprint density at radius 3 is 2.42 bits per heavy atom. The fourth-order valence-electron chi connectivity index (χ4n) is 4.21. The van der Waals surface area contributed by atoms with E-state index < -0.39 is 0 Å². The molecule has 2 heterocycles. The van der Waals surface area contributed by atoms with Gasteiger partial charge in [0.15, 0.2) is 17.1 Å². The van der Waals surface area contributed by atoms with Crippen LogP contribution in [-0.2, 0) is 6.61 Å². The molecule has 0 unspecified atom stereocenters. The van der Waals surface area contributed by atoms with E-state index >= 15 is 0 Å². The van der Waals surface area contributed by atoms with E-state index in [-0.39, 0.29) is 29.4 Å². The van der Waals surface area contributed by atoms with Gasteiger partial charge in [-0.1, -0.05) is 30.3 Å². The maximum absolute atomic E-state index is 13.2. The number of aromatic nitrogens is 2. The van der Waals surface area contributed by atoms with Crippen LogP contribution in [0, 0.1) is 28.5 Å². The van der Waals surface area contributed by atoms with Crippen molar-refractivity contribution in [3.05, 3.63) is 89.2 Å². The number of nitrogens with zero attached hydrogens (tertiary/aromatic N) is 4. The highest BCUT2D eigenvalue weighted by atomic mass is 19.1. The van der Waals surface area contributed by atoms with Crippen LogP contribution in [-0.4, -0.2) is 16.0 Å². The number of para-hydroxylation sites is 2. The normalized spacial score (nSPS) is 10.8. The number of nitrogens with two attached hydrogens (primary N) is 1. The van der Waals surface area contributed by atoms with E-state index in [0.717, 1.165) is 5.56 Å². The van der Waals surface area contributed by atoms with Crippen LogP contribution in [0.1, 0.15) is 23.6 Å². The molecule has 7 nitrogen and oxygen atoms in total. The van der Waals surface area contributed by atoms with E-state index in [1.165, 1.54) is 12.1 Å². The SMILES string of the molecule is CCOc1cc(-c2c(C#N)c(N)n3c(nc4ccccc43)c2C#N)ccc1OCc1ccc(F)cc1. The monoisotopic (exact) mass is 477 g/mol. The van der Waals surface area contributed by atoms with E-state index in [9.17, 15) is 14.9 Å². The summed E-state index contributed by atoms with van der Waals surface area (Å²) in [6.45, 7) is 2.43. The lowest BCUT2D eigenvalue weighted by atomic mass is 9.96. The van der Waals surface area contributed by atoms with Gasteiger partial charge in [0.2, 0.25) is 0 Å². The molecular formula is C28H20FN5O2. The summed E-state index contributed by atoms with van der Waals surface area (Å²) in [5, 5.41) is 20.2. The van der Waals surface area contributed by atoms with Gasteiger partial charge in [-0.2, -0.15) is 10.5 Å². The summed E-state index contributed by atoms with van der Waals surface area (Å²) >= 11 is 0. The molecular weight excluding hydrogens is 457 g/mol. The third-order valence-electron chi connectivity index (χ3n) is 5.84. The van der Waals surface area contributed by atoms with Crippen LogP contribution in [0.25, 0.3) is 27.8 Å². The number of benzene rings is 3. The lowest BCUT2D eigenvalue weighted by Gasteiger charge is -2.16. The number of halogens is 1. The third kappa shape index (κ3) is 3.81. The van der Waals surface area contributed by atoms with E-state index in [1.54, 1.807) is 34.7 Å². The number of anilines is 1. The predicted octanol–water partition coefficient (Wildman–Crippen LogP) is 5.60. The Hall–Kier alpha value is -5.08. The van der Waals surface area contributed by atoms with Gasteiger partial charge in [-0.15, -0.1) is 0 Å². The number of nitriles is 2. The molecule has 0 aliphatic rings. The second-order valence-electron chi connectivity index (χ2n) is 8.00. The molecule has 176 valence electrons. The number of nitrogen functional groups attached to an aromatic ring is 1. The van der Waals surface area contributed by atoms with E-state index in [0.29, 0.717) is 45.9 Å². The quantitative estimate of drug-likeness (QED) is 0.341. The minimum absolute atomic E-state index is 0.171. The first kappa shape index (κ1) is 22.7. The fourth-order valence-corrected chi connectivity index (χ4v) is 4.21. The third-order valence-corrected chi connectivity index (χ3v) is 5.84. The van der Waals surface area contributed by atoms with E-state index in [2.05, 4.69) is 17.1 Å². The first-order valence-corrected chi connectivity index (χ1v) is 11.2. The minimum atomic E-state index is -0.318. The molecule has 0 atom stereocenters. The van der Waals surface area contributed by atoms with Gasteiger partial charge in [0.25, 0.3) is 0 Å². The summed E-state index contributed by atoms with van der Waals surface area (Å²) in [5.41, 5.74) is 10.4. The van der Waals surface area contributed by atoms with Crippen molar-refractivity contribution in [1.29, 1.82) is 10.5 Å². The van der Waals surface area contributed by atoms with Crippen LogP contribution in [0.4, 0.5) is 10.2 Å². The Labute approximate surface area is 206 Å². The standard InChI is InChI=1S/C28H20FN5O2/c1-2-35-25-13-18(9-12-24(25)36-16-17-7-10-19(29)11-8-17)26-20(14-30)27(32)34-23-6-4-3-5-22(23)33-28(34)21(26)15-31/h3-13H,2,16,32H2,1H3. The molecule has 0 aliphatic carbocycles. The molecule has 5 aromatic rings. The molecule has 0 fully saturated rings. The second-order valence-corrected chi connectivity index (χ2v) is 8.00. The maximum Gasteiger partial charge on any atom is 0.161 e. The number of pyridine rings is 1. The topological polar surface area (TPSA) is 109 Å².